The van der Waals surface area contributed by atoms with Gasteiger partial charge >= 0.3 is 0 Å². The fourth-order valence-electron chi connectivity index (χ4n) is 10.0. The lowest BCUT2D eigenvalue weighted by molar-refractivity contribution is 0.206. The first-order chi connectivity index (χ1) is 25.2. The van der Waals surface area contributed by atoms with Crippen molar-refractivity contribution < 1.29 is 4.74 Å². The van der Waals surface area contributed by atoms with E-state index in [4.69, 9.17) is 4.74 Å². The van der Waals surface area contributed by atoms with E-state index in [9.17, 15) is 0 Å². The van der Waals surface area contributed by atoms with Gasteiger partial charge in [0.1, 0.15) is 20.7 Å². The van der Waals surface area contributed by atoms with Crippen LogP contribution < -0.4 is 14.8 Å². The molecule has 3 heterocycles. The second-order valence-electron chi connectivity index (χ2n) is 15.4. The van der Waals surface area contributed by atoms with Gasteiger partial charge in [-0.1, -0.05) is 103 Å². The van der Waals surface area contributed by atoms with E-state index in [1.807, 2.05) is 11.3 Å². The van der Waals surface area contributed by atoms with Crippen LogP contribution in [0.25, 0.3) is 31.3 Å². The molecule has 0 fully saturated rings. The van der Waals surface area contributed by atoms with Gasteiger partial charge in [0.05, 0.1) is 16.4 Å². The number of benzene rings is 4. The zero-order chi connectivity index (χ0) is 33.6. The summed E-state index contributed by atoms with van der Waals surface area (Å²) in [7, 11) is -0.726. The number of rotatable bonds is 4. The molecule has 51 heavy (non-hydrogen) atoms. The lowest BCUT2D eigenvalue weighted by Gasteiger charge is -2.37. The number of hydrogen-bond donors (Lipinski definition) is 0. The van der Waals surface area contributed by atoms with Gasteiger partial charge in [-0.2, -0.15) is 0 Å². The molecule has 1 aromatic heterocycles. The second kappa shape index (κ2) is 11.8. The Labute approximate surface area is 306 Å². The van der Waals surface area contributed by atoms with Crippen molar-refractivity contribution >= 4 is 62.3 Å². The summed E-state index contributed by atoms with van der Waals surface area (Å²) in [5.74, 6) is 1.51. The fraction of sp³-hybridized carbons (Fsp3) is 0.277. The Bertz CT molecular complexity index is 2440. The second-order valence-corrected chi connectivity index (χ2v) is 18.8. The van der Waals surface area contributed by atoms with Crippen LogP contribution in [0.15, 0.2) is 120 Å². The Kier molecular flexibility index (Phi) is 7.02. The molecule has 0 saturated carbocycles. The molecule has 0 bridgehead atoms. The van der Waals surface area contributed by atoms with Gasteiger partial charge in [-0.3, -0.25) is 0 Å². The van der Waals surface area contributed by atoms with Crippen molar-refractivity contribution in [2.45, 2.75) is 82.4 Å². The number of nitrogens with zero attached hydrogens (tertiary/aromatic N) is 1. The van der Waals surface area contributed by atoms with E-state index in [-0.39, 0.29) is 12.1 Å². The van der Waals surface area contributed by atoms with Gasteiger partial charge in [-0.15, -0.1) is 11.3 Å². The topological polar surface area (TPSA) is 12.5 Å². The summed E-state index contributed by atoms with van der Waals surface area (Å²) in [5.41, 5.74) is 13.1. The SMILES string of the molecule is C[Si]1C2=CCC(N(C3=CC=C(c4ccc5c(c4)CCCC5)CC3)c3cccc4c3sc3ccc5c(c34)OC3CCC=CC53)C=C2c2ccccc21. The van der Waals surface area contributed by atoms with Crippen LogP contribution in [-0.2, 0) is 12.8 Å². The number of hydrogen-bond acceptors (Lipinski definition) is 3. The van der Waals surface area contributed by atoms with Crippen LogP contribution in [0.3, 0.4) is 0 Å². The highest BCUT2D eigenvalue weighted by atomic mass is 32.1. The normalized spacial score (nSPS) is 23.4. The number of allylic oxidation sites excluding steroid dienone is 7. The third kappa shape index (κ3) is 4.72. The summed E-state index contributed by atoms with van der Waals surface area (Å²) in [4.78, 5) is 2.73. The van der Waals surface area contributed by atoms with Crippen molar-refractivity contribution in [2.75, 3.05) is 4.90 Å². The largest absolute Gasteiger partial charge is 0.488 e. The van der Waals surface area contributed by atoms with E-state index in [0.717, 1.165) is 37.9 Å². The Morgan fingerprint density at radius 3 is 2.73 bits per heavy atom. The Balaban J connectivity index is 1.05. The van der Waals surface area contributed by atoms with Crippen molar-refractivity contribution in [3.63, 3.8) is 0 Å². The van der Waals surface area contributed by atoms with Crippen LogP contribution in [-0.4, -0.2) is 20.9 Å². The Morgan fingerprint density at radius 1 is 0.882 bits per heavy atom. The first-order valence-electron chi connectivity index (χ1n) is 19.2. The maximum absolute atomic E-state index is 6.81. The molecule has 4 aliphatic carbocycles. The quantitative estimate of drug-likeness (QED) is 0.137. The molecule has 251 valence electrons. The summed E-state index contributed by atoms with van der Waals surface area (Å²) in [6.07, 6.45) is 25.6. The van der Waals surface area contributed by atoms with Crippen molar-refractivity contribution in [1.29, 1.82) is 0 Å². The van der Waals surface area contributed by atoms with Gasteiger partial charge in [-0.05, 0) is 115 Å². The molecule has 2 aliphatic heterocycles. The van der Waals surface area contributed by atoms with Gasteiger partial charge in [0, 0.05) is 32.7 Å². The van der Waals surface area contributed by atoms with Gasteiger partial charge in [0.2, 0.25) is 0 Å². The third-order valence-corrected chi connectivity index (χ3v) is 16.3. The average molecular weight is 697 g/mol. The van der Waals surface area contributed by atoms with E-state index in [2.05, 4.69) is 121 Å². The van der Waals surface area contributed by atoms with Gasteiger partial charge < -0.3 is 9.64 Å². The predicted octanol–water partition coefficient (Wildman–Crippen LogP) is 11.4. The van der Waals surface area contributed by atoms with Crippen molar-refractivity contribution in [3.05, 3.63) is 148 Å². The average Bonchev–Trinajstić information content (AvgIpc) is 3.85. The fourth-order valence-corrected chi connectivity index (χ4v) is 13.6. The van der Waals surface area contributed by atoms with E-state index < -0.39 is 8.80 Å². The molecule has 0 spiro atoms. The molecule has 5 aromatic rings. The highest BCUT2D eigenvalue weighted by Crippen LogP contribution is 2.52. The minimum atomic E-state index is -0.726. The molecule has 3 unspecified atom stereocenters. The van der Waals surface area contributed by atoms with Crippen LogP contribution in [0.5, 0.6) is 5.75 Å². The Hall–Kier alpha value is -4.38. The van der Waals surface area contributed by atoms with Crippen molar-refractivity contribution in [2.24, 2.45) is 0 Å². The van der Waals surface area contributed by atoms with Gasteiger partial charge in [0.15, 0.2) is 0 Å². The number of anilines is 1. The first-order valence-corrected chi connectivity index (χ1v) is 22.0. The molecule has 3 atom stereocenters. The van der Waals surface area contributed by atoms with E-state index in [1.54, 1.807) is 21.5 Å². The third-order valence-electron chi connectivity index (χ3n) is 12.6. The molecule has 1 radical (unpaired) electrons. The summed E-state index contributed by atoms with van der Waals surface area (Å²) < 4.78 is 9.52. The molecule has 0 amide bonds. The predicted molar refractivity (Wildman–Crippen MR) is 218 cm³/mol. The van der Waals surface area contributed by atoms with Gasteiger partial charge in [-0.25, -0.2) is 0 Å². The minimum absolute atomic E-state index is 0.250. The summed E-state index contributed by atoms with van der Waals surface area (Å²) in [6.45, 7) is 2.48. The van der Waals surface area contributed by atoms with Crippen molar-refractivity contribution in [1.82, 2.24) is 0 Å². The molecule has 6 aliphatic rings. The summed E-state index contributed by atoms with van der Waals surface area (Å²) in [5, 5.41) is 5.82. The lowest BCUT2D eigenvalue weighted by atomic mass is 9.87. The zero-order valence-corrected chi connectivity index (χ0v) is 31.1. The molecule has 0 saturated heterocycles. The van der Waals surface area contributed by atoms with Crippen LogP contribution >= 0.6 is 11.3 Å². The van der Waals surface area contributed by atoms with E-state index >= 15 is 0 Å². The maximum Gasteiger partial charge on any atom is 0.133 e. The first kappa shape index (κ1) is 30.3. The molecular formula is C47H42NOSSi. The van der Waals surface area contributed by atoms with E-state index in [1.165, 1.54) is 85.1 Å². The molecular weight excluding hydrogens is 655 g/mol. The lowest BCUT2D eigenvalue weighted by Crippen LogP contribution is -2.35. The number of ether oxygens (including phenoxy) is 1. The highest BCUT2D eigenvalue weighted by molar-refractivity contribution is 7.26. The van der Waals surface area contributed by atoms with Crippen LogP contribution in [0.2, 0.25) is 6.55 Å². The number of fused-ring (bicyclic) bond motifs is 11. The molecule has 4 aromatic carbocycles. The minimum Gasteiger partial charge on any atom is -0.488 e. The summed E-state index contributed by atoms with van der Waals surface area (Å²) >= 11 is 1.95. The zero-order valence-electron chi connectivity index (χ0n) is 29.3. The monoisotopic (exact) mass is 696 g/mol. The maximum atomic E-state index is 6.81. The molecule has 4 heteroatoms. The standard InChI is InChI=1S/C47H42NOSSi/c1-51-43-16-7-5-12-36(43)39-28-34(23-26-44(39)51)48(33-21-19-30(20-22-33)32-18-17-29-9-2-3-10-31(29)27-32)40-14-8-13-38-45-42(50-47(38)40)25-24-37-35-11-4-6-15-41(35)49-46(37)45/h4-5,7-8,11-14,16-19,21,24-28,34-35,41H,2-3,6,9-10,15,20,22-23H2,1H3. The highest BCUT2D eigenvalue weighted by Gasteiger charge is 2.37. The molecule has 0 N–H and O–H groups in total. The van der Waals surface area contributed by atoms with Crippen LogP contribution in [0.1, 0.15) is 78.7 Å². The molecule has 2 nitrogen and oxygen atoms in total. The Morgan fingerprint density at radius 2 is 1.80 bits per heavy atom. The van der Waals surface area contributed by atoms with Crippen LogP contribution in [0, 0.1) is 0 Å². The smallest absolute Gasteiger partial charge is 0.133 e. The van der Waals surface area contributed by atoms with E-state index in [0.29, 0.717) is 5.92 Å². The summed E-state index contributed by atoms with van der Waals surface area (Å²) in [6, 6.07) is 28.5. The molecule has 11 rings (SSSR count). The number of aryl methyl sites for hydroxylation is 2. The number of thiophene rings is 1. The van der Waals surface area contributed by atoms with Gasteiger partial charge in [0.25, 0.3) is 0 Å². The van der Waals surface area contributed by atoms with Crippen LogP contribution in [0.4, 0.5) is 5.69 Å². The van der Waals surface area contributed by atoms with Crippen molar-refractivity contribution in [3.8, 4) is 5.75 Å².